The number of carbonyl (C=O) groups is 2. The molecule has 2 unspecified atom stereocenters. The van der Waals surface area contributed by atoms with Crippen LogP contribution in [0.2, 0.25) is 0 Å². The average Bonchev–Trinajstić information content (AvgIpc) is 2.37. The minimum atomic E-state index is -0.810. The fraction of sp³-hybridized carbons (Fsp3) is 0.467. The van der Waals surface area contributed by atoms with Crippen molar-refractivity contribution in [3.8, 4) is 5.75 Å². The fourth-order valence-corrected chi connectivity index (χ4v) is 2.22. The van der Waals surface area contributed by atoms with E-state index >= 15 is 0 Å². The van der Waals surface area contributed by atoms with Crippen LogP contribution in [0.25, 0.3) is 0 Å². The second-order valence-electron chi connectivity index (χ2n) is 5.20. The largest absolute Gasteiger partial charge is 0.481 e. The van der Waals surface area contributed by atoms with Gasteiger partial charge in [0.05, 0.1) is 5.92 Å². The van der Waals surface area contributed by atoms with Gasteiger partial charge in [0.1, 0.15) is 5.75 Å². The molecule has 5 nitrogen and oxygen atoms in total. The van der Waals surface area contributed by atoms with Gasteiger partial charge in [0.25, 0.3) is 5.91 Å². The van der Waals surface area contributed by atoms with Crippen molar-refractivity contribution >= 4 is 11.9 Å². The third-order valence-corrected chi connectivity index (χ3v) is 3.72. The van der Waals surface area contributed by atoms with Crippen LogP contribution in [0, 0.1) is 11.8 Å². The van der Waals surface area contributed by atoms with Gasteiger partial charge < -0.3 is 14.7 Å². The number of benzene rings is 1. The Balaban J connectivity index is 1.83. The third-order valence-electron chi connectivity index (χ3n) is 3.72. The zero-order chi connectivity index (χ0) is 14.7. The molecule has 1 aliphatic heterocycles. The first kappa shape index (κ1) is 14.4. The number of carbonyl (C=O) groups excluding carboxylic acids is 1. The molecule has 108 valence electrons. The number of rotatable bonds is 5. The third kappa shape index (κ3) is 3.10. The first-order chi connectivity index (χ1) is 9.49. The second-order valence-corrected chi connectivity index (χ2v) is 5.20. The summed E-state index contributed by atoms with van der Waals surface area (Å²) in [6.07, 6.45) is -0.557. The van der Waals surface area contributed by atoms with Crippen molar-refractivity contribution in [3.63, 3.8) is 0 Å². The average molecular weight is 277 g/mol. The Morgan fingerprint density at radius 1 is 1.25 bits per heavy atom. The highest BCUT2D eigenvalue weighted by Gasteiger charge is 2.38. The molecule has 1 amide bonds. The lowest BCUT2D eigenvalue weighted by Crippen LogP contribution is -2.56. The van der Waals surface area contributed by atoms with E-state index in [2.05, 4.69) is 0 Å². The normalized spacial score (nSPS) is 18.0. The van der Waals surface area contributed by atoms with Crippen molar-refractivity contribution in [2.45, 2.75) is 20.0 Å². The van der Waals surface area contributed by atoms with Crippen molar-refractivity contribution in [2.75, 3.05) is 13.1 Å². The van der Waals surface area contributed by atoms with E-state index in [1.165, 1.54) is 0 Å². The highest BCUT2D eigenvalue weighted by Crippen LogP contribution is 2.25. The summed E-state index contributed by atoms with van der Waals surface area (Å²) in [5.74, 6) is -0.618. The van der Waals surface area contributed by atoms with Crippen molar-refractivity contribution in [2.24, 2.45) is 11.8 Å². The molecule has 1 aliphatic rings. The fourth-order valence-electron chi connectivity index (χ4n) is 2.22. The van der Waals surface area contributed by atoms with E-state index < -0.39 is 18.0 Å². The molecule has 20 heavy (non-hydrogen) atoms. The first-order valence-electron chi connectivity index (χ1n) is 6.72. The minimum Gasteiger partial charge on any atom is -0.481 e. The number of aliphatic carboxylic acids is 1. The number of hydrogen-bond acceptors (Lipinski definition) is 3. The van der Waals surface area contributed by atoms with Gasteiger partial charge in [-0.05, 0) is 19.1 Å². The predicted molar refractivity (Wildman–Crippen MR) is 73.4 cm³/mol. The van der Waals surface area contributed by atoms with Gasteiger partial charge in [-0.3, -0.25) is 9.59 Å². The SMILES string of the molecule is CC(Oc1ccccc1)C(=O)N1CC(C(C)C(=O)O)C1. The van der Waals surface area contributed by atoms with E-state index in [4.69, 9.17) is 9.84 Å². The van der Waals surface area contributed by atoms with Gasteiger partial charge in [0.15, 0.2) is 6.10 Å². The molecule has 0 radical (unpaired) electrons. The Kier molecular flexibility index (Phi) is 4.27. The molecule has 0 aliphatic carbocycles. The number of para-hydroxylation sites is 1. The van der Waals surface area contributed by atoms with Crippen LogP contribution in [-0.4, -0.2) is 41.1 Å². The Hall–Kier alpha value is -2.04. The maximum absolute atomic E-state index is 12.1. The summed E-state index contributed by atoms with van der Waals surface area (Å²) in [4.78, 5) is 24.6. The van der Waals surface area contributed by atoms with Gasteiger partial charge in [-0.15, -0.1) is 0 Å². The van der Waals surface area contributed by atoms with E-state index in [9.17, 15) is 9.59 Å². The molecule has 2 rings (SSSR count). The standard InChI is InChI=1S/C15H19NO4/c1-10(15(18)19)12-8-16(9-12)14(17)11(2)20-13-6-4-3-5-7-13/h3-7,10-12H,8-9H2,1-2H3,(H,18,19). The molecule has 0 saturated carbocycles. The quantitative estimate of drug-likeness (QED) is 0.888. The van der Waals surface area contributed by atoms with Crippen LogP contribution in [0.1, 0.15) is 13.8 Å². The molecule has 1 heterocycles. The van der Waals surface area contributed by atoms with Gasteiger partial charge >= 0.3 is 5.97 Å². The summed E-state index contributed by atoms with van der Waals surface area (Å²) < 4.78 is 5.57. The summed E-state index contributed by atoms with van der Waals surface area (Å²) in [5, 5.41) is 8.92. The number of ether oxygens (including phenoxy) is 1. The maximum atomic E-state index is 12.1. The van der Waals surface area contributed by atoms with Crippen molar-refractivity contribution in [1.82, 2.24) is 4.90 Å². The number of amides is 1. The van der Waals surface area contributed by atoms with Crippen molar-refractivity contribution in [1.29, 1.82) is 0 Å². The Morgan fingerprint density at radius 2 is 1.85 bits per heavy atom. The molecular formula is C15H19NO4. The molecule has 1 aromatic carbocycles. The second kappa shape index (κ2) is 5.94. The Morgan fingerprint density at radius 3 is 2.40 bits per heavy atom. The van der Waals surface area contributed by atoms with E-state index in [-0.39, 0.29) is 11.8 Å². The van der Waals surface area contributed by atoms with Gasteiger partial charge in [-0.1, -0.05) is 25.1 Å². The first-order valence-corrected chi connectivity index (χ1v) is 6.72. The van der Waals surface area contributed by atoms with Crippen molar-refractivity contribution in [3.05, 3.63) is 30.3 Å². The van der Waals surface area contributed by atoms with Crippen LogP contribution >= 0.6 is 0 Å². The van der Waals surface area contributed by atoms with Crippen LogP contribution in [0.3, 0.4) is 0 Å². The number of nitrogens with zero attached hydrogens (tertiary/aromatic N) is 1. The highest BCUT2D eigenvalue weighted by molar-refractivity contribution is 5.82. The zero-order valence-electron chi connectivity index (χ0n) is 11.7. The molecule has 2 atom stereocenters. The number of likely N-dealkylation sites (tertiary alicyclic amines) is 1. The summed E-state index contributed by atoms with van der Waals surface area (Å²) >= 11 is 0. The Bertz CT molecular complexity index is 482. The number of hydrogen-bond donors (Lipinski definition) is 1. The van der Waals surface area contributed by atoms with Crippen LogP contribution in [0.4, 0.5) is 0 Å². The van der Waals surface area contributed by atoms with Crippen LogP contribution in [0.15, 0.2) is 30.3 Å². The molecule has 1 N–H and O–H groups in total. The minimum absolute atomic E-state index is 0.0420. The number of carboxylic acids is 1. The Labute approximate surface area is 118 Å². The highest BCUT2D eigenvalue weighted by atomic mass is 16.5. The summed E-state index contributed by atoms with van der Waals surface area (Å²) in [6.45, 7) is 4.38. The monoisotopic (exact) mass is 277 g/mol. The molecule has 0 aromatic heterocycles. The van der Waals surface area contributed by atoms with Gasteiger partial charge in [-0.25, -0.2) is 0 Å². The lowest BCUT2D eigenvalue weighted by molar-refractivity contribution is -0.153. The van der Waals surface area contributed by atoms with Gasteiger partial charge in [0.2, 0.25) is 0 Å². The topological polar surface area (TPSA) is 66.8 Å². The summed E-state index contributed by atoms with van der Waals surface area (Å²) in [6, 6.07) is 9.18. The van der Waals surface area contributed by atoms with E-state index in [0.717, 1.165) is 0 Å². The van der Waals surface area contributed by atoms with Gasteiger partial charge in [0, 0.05) is 19.0 Å². The van der Waals surface area contributed by atoms with E-state index in [0.29, 0.717) is 18.8 Å². The predicted octanol–water partition coefficient (Wildman–Crippen LogP) is 1.63. The molecule has 0 spiro atoms. The van der Waals surface area contributed by atoms with Crippen molar-refractivity contribution < 1.29 is 19.4 Å². The molecule has 1 fully saturated rings. The maximum Gasteiger partial charge on any atom is 0.306 e. The van der Waals surface area contributed by atoms with Crippen LogP contribution in [0.5, 0.6) is 5.75 Å². The molecule has 0 bridgehead atoms. The lowest BCUT2D eigenvalue weighted by atomic mass is 9.87. The number of carboxylic acid groups (broad SMARTS) is 1. The molecular weight excluding hydrogens is 258 g/mol. The van der Waals surface area contributed by atoms with E-state index in [1.807, 2.05) is 18.2 Å². The smallest absolute Gasteiger partial charge is 0.306 e. The van der Waals surface area contributed by atoms with Crippen LogP contribution < -0.4 is 4.74 Å². The summed E-state index contributed by atoms with van der Waals surface area (Å²) in [5.41, 5.74) is 0. The summed E-state index contributed by atoms with van der Waals surface area (Å²) in [7, 11) is 0. The zero-order valence-corrected chi connectivity index (χ0v) is 11.7. The van der Waals surface area contributed by atoms with E-state index in [1.54, 1.807) is 30.9 Å². The molecule has 1 saturated heterocycles. The van der Waals surface area contributed by atoms with Gasteiger partial charge in [-0.2, -0.15) is 0 Å². The van der Waals surface area contributed by atoms with Crippen LogP contribution in [-0.2, 0) is 9.59 Å². The molecule has 5 heteroatoms. The molecule has 1 aromatic rings. The lowest BCUT2D eigenvalue weighted by Gasteiger charge is -2.42.